The number of amides is 4. The van der Waals surface area contributed by atoms with Gasteiger partial charge in [-0.3, -0.25) is 38.6 Å². The van der Waals surface area contributed by atoms with E-state index < -0.39 is 45.6 Å². The van der Waals surface area contributed by atoms with Crippen molar-refractivity contribution in [3.8, 4) is 0 Å². The van der Waals surface area contributed by atoms with Gasteiger partial charge in [0.15, 0.2) is 0 Å². The van der Waals surface area contributed by atoms with E-state index in [-0.39, 0.29) is 58.6 Å². The maximum absolute atomic E-state index is 12.9. The zero-order valence-electron chi connectivity index (χ0n) is 19.5. The van der Waals surface area contributed by atoms with E-state index in [0.717, 1.165) is 33.7 Å². The number of thioether (sulfide) groups is 1. The predicted molar refractivity (Wildman–Crippen MR) is 121 cm³/mol. The second-order valence-electron chi connectivity index (χ2n) is 8.05. The minimum Gasteiger partial charge on any atom is -0.468 e. The molecule has 4 amide bonds. The number of carbonyl (C=O) groups is 6. The number of methoxy groups -OCH3 is 1. The molecule has 0 aliphatic carbocycles. The van der Waals surface area contributed by atoms with Gasteiger partial charge in [-0.1, -0.05) is 0 Å². The fourth-order valence-corrected chi connectivity index (χ4v) is 4.99. The quantitative estimate of drug-likeness (QED) is 0.0971. The molecule has 1 saturated heterocycles. The zero-order chi connectivity index (χ0) is 26.0. The number of nitrogens with zero attached hydrogens (tertiary/aromatic N) is 3. The van der Waals surface area contributed by atoms with E-state index in [9.17, 15) is 28.8 Å². The van der Waals surface area contributed by atoms with E-state index in [1.807, 2.05) is 0 Å². The summed E-state index contributed by atoms with van der Waals surface area (Å²) in [5.41, 5.74) is -1.09. The first-order chi connectivity index (χ1) is 16.7. The van der Waals surface area contributed by atoms with Crippen molar-refractivity contribution in [3.63, 3.8) is 0 Å². The summed E-state index contributed by atoms with van der Waals surface area (Å²) >= 11 is 0.934. The van der Waals surface area contributed by atoms with Gasteiger partial charge in [-0.25, -0.2) is 6.57 Å². The first-order valence-electron chi connectivity index (χ1n) is 10.8. The molecular weight excluding hydrogens is 482 g/mol. The van der Waals surface area contributed by atoms with E-state index in [0.29, 0.717) is 0 Å². The molecule has 0 bridgehead atoms. The van der Waals surface area contributed by atoms with Crippen LogP contribution in [0.15, 0.2) is 12.2 Å². The summed E-state index contributed by atoms with van der Waals surface area (Å²) < 4.78 is 14.8. The lowest BCUT2D eigenvalue weighted by atomic mass is 9.93. The second-order valence-corrected chi connectivity index (χ2v) is 9.46. The van der Waals surface area contributed by atoms with Crippen LogP contribution in [0.1, 0.15) is 26.2 Å². The van der Waals surface area contributed by atoms with Crippen molar-refractivity contribution in [2.75, 3.05) is 40.0 Å². The fraction of sp³-hybridized carbons (Fsp3) is 0.591. The highest BCUT2D eigenvalue weighted by atomic mass is 32.2. The minimum atomic E-state index is -1.09. The van der Waals surface area contributed by atoms with Gasteiger partial charge in [0.05, 0.1) is 24.9 Å². The van der Waals surface area contributed by atoms with E-state index in [2.05, 4.69) is 4.85 Å². The van der Waals surface area contributed by atoms with Gasteiger partial charge >= 0.3 is 5.97 Å². The Labute approximate surface area is 206 Å². The fourth-order valence-electron chi connectivity index (χ4n) is 3.48. The van der Waals surface area contributed by atoms with Crippen LogP contribution < -0.4 is 0 Å². The van der Waals surface area contributed by atoms with Crippen LogP contribution in [0, 0.1) is 6.57 Å². The molecule has 190 valence electrons. The Morgan fingerprint density at radius 3 is 2.46 bits per heavy atom. The van der Waals surface area contributed by atoms with Crippen molar-refractivity contribution in [1.29, 1.82) is 0 Å². The highest BCUT2D eigenvalue weighted by Gasteiger charge is 2.45. The van der Waals surface area contributed by atoms with E-state index >= 15 is 0 Å². The Hall–Kier alpha value is -3.24. The van der Waals surface area contributed by atoms with Crippen LogP contribution in [-0.4, -0.2) is 102 Å². The lowest BCUT2D eigenvalue weighted by Gasteiger charge is -2.24. The van der Waals surface area contributed by atoms with Gasteiger partial charge in [0, 0.05) is 52.1 Å². The Bertz CT molecular complexity index is 914. The van der Waals surface area contributed by atoms with Gasteiger partial charge in [0.25, 0.3) is 18.3 Å². The standard InChI is InChI=1S/C22H27N3O9S/c1-22(23-2,6-9-33-14-26)13-16(21(31)34-11-10-32-3)35-15-12-19(29)25(20(15)30)8-7-24-17(27)4-5-18(24)28/h4-5,14-16H,6-13H2,1,3H3. The van der Waals surface area contributed by atoms with Gasteiger partial charge in [0.2, 0.25) is 17.4 Å². The van der Waals surface area contributed by atoms with Crippen LogP contribution in [-0.2, 0) is 43.0 Å². The molecule has 3 atom stereocenters. The Morgan fingerprint density at radius 1 is 1.20 bits per heavy atom. The number of hydrogen-bond acceptors (Lipinski definition) is 10. The number of rotatable bonds is 15. The molecule has 3 unspecified atom stereocenters. The molecule has 12 nitrogen and oxygen atoms in total. The average molecular weight is 510 g/mol. The third-order valence-corrected chi connectivity index (χ3v) is 6.88. The monoisotopic (exact) mass is 509 g/mol. The van der Waals surface area contributed by atoms with Crippen LogP contribution >= 0.6 is 11.8 Å². The molecule has 1 fully saturated rings. The molecule has 0 radical (unpaired) electrons. The molecule has 2 aliphatic heterocycles. The van der Waals surface area contributed by atoms with Gasteiger partial charge in [-0.15, -0.1) is 11.8 Å². The lowest BCUT2D eigenvalue weighted by Crippen LogP contribution is -2.41. The Balaban J connectivity index is 2.08. The Kier molecular flexibility index (Phi) is 10.4. The van der Waals surface area contributed by atoms with Crippen LogP contribution in [0.3, 0.4) is 0 Å². The lowest BCUT2D eigenvalue weighted by molar-refractivity contribution is -0.144. The van der Waals surface area contributed by atoms with E-state index in [4.69, 9.17) is 20.8 Å². The molecule has 2 rings (SSSR count). The SMILES string of the molecule is [C-]#[N+]C(C)(CCOC=O)CC(SC1CC(=O)N(CCN2C(=O)C=CC2=O)C1=O)C(=O)OCCOC. The maximum Gasteiger partial charge on any atom is 0.319 e. The van der Waals surface area contributed by atoms with E-state index in [1.54, 1.807) is 6.92 Å². The molecule has 0 aromatic heterocycles. The van der Waals surface area contributed by atoms with Gasteiger partial charge in [0.1, 0.15) is 11.9 Å². The molecule has 13 heteroatoms. The van der Waals surface area contributed by atoms with Crippen LogP contribution in [0.25, 0.3) is 4.85 Å². The second kappa shape index (κ2) is 13.0. The zero-order valence-corrected chi connectivity index (χ0v) is 20.3. The number of ether oxygens (including phenoxy) is 3. The van der Waals surface area contributed by atoms with Crippen molar-refractivity contribution in [2.45, 2.75) is 42.2 Å². The molecule has 35 heavy (non-hydrogen) atoms. The third kappa shape index (κ3) is 7.63. The van der Waals surface area contributed by atoms with Crippen LogP contribution in [0.4, 0.5) is 0 Å². The van der Waals surface area contributed by atoms with Crippen LogP contribution in [0.5, 0.6) is 0 Å². The molecule has 2 aliphatic rings. The average Bonchev–Trinajstić information content (AvgIpc) is 3.28. The van der Waals surface area contributed by atoms with Gasteiger partial charge in [-0.05, 0) is 0 Å². The summed E-state index contributed by atoms with van der Waals surface area (Å²) in [5, 5.41) is -1.85. The van der Waals surface area contributed by atoms with Crippen molar-refractivity contribution in [2.24, 2.45) is 0 Å². The summed E-state index contributed by atoms with van der Waals surface area (Å²) in [6.07, 6.45) is 2.21. The molecule has 0 spiro atoms. The van der Waals surface area contributed by atoms with Crippen molar-refractivity contribution in [3.05, 3.63) is 23.6 Å². The highest BCUT2D eigenvalue weighted by molar-refractivity contribution is 8.01. The smallest absolute Gasteiger partial charge is 0.319 e. The largest absolute Gasteiger partial charge is 0.468 e. The number of imide groups is 2. The first-order valence-corrected chi connectivity index (χ1v) is 11.7. The summed E-state index contributed by atoms with van der Waals surface area (Å²) in [6.45, 7) is 9.27. The number of esters is 1. The Morgan fingerprint density at radius 2 is 1.86 bits per heavy atom. The highest BCUT2D eigenvalue weighted by Crippen LogP contribution is 2.35. The molecule has 0 aromatic rings. The summed E-state index contributed by atoms with van der Waals surface area (Å²) in [6, 6.07) is 0. The number of likely N-dealkylation sites (tertiary alicyclic amines) is 1. The topological polar surface area (TPSA) is 141 Å². The number of carbonyl (C=O) groups excluding carboxylic acids is 6. The third-order valence-electron chi connectivity index (χ3n) is 5.50. The van der Waals surface area contributed by atoms with Gasteiger partial charge in [-0.2, -0.15) is 0 Å². The molecule has 0 N–H and O–H groups in total. The van der Waals surface area contributed by atoms with E-state index in [1.165, 1.54) is 7.11 Å². The normalized spacial score (nSPS) is 20.1. The molecular formula is C22H27N3O9S. The summed E-state index contributed by atoms with van der Waals surface area (Å²) in [7, 11) is 1.44. The molecule has 0 saturated carbocycles. The first kappa shape index (κ1) is 28.0. The molecule has 2 heterocycles. The predicted octanol–water partition coefficient (Wildman–Crippen LogP) is -0.0385. The van der Waals surface area contributed by atoms with Crippen molar-refractivity contribution in [1.82, 2.24) is 9.80 Å². The summed E-state index contributed by atoms with van der Waals surface area (Å²) in [4.78, 5) is 77.6. The van der Waals surface area contributed by atoms with Crippen molar-refractivity contribution < 1.29 is 43.0 Å². The minimum absolute atomic E-state index is 0.00434. The number of hydrogen-bond donors (Lipinski definition) is 0. The maximum atomic E-state index is 12.9. The van der Waals surface area contributed by atoms with Gasteiger partial charge < -0.3 is 19.1 Å². The van der Waals surface area contributed by atoms with Crippen molar-refractivity contribution >= 4 is 47.8 Å². The van der Waals surface area contributed by atoms with Crippen LogP contribution in [0.2, 0.25) is 0 Å². The summed E-state index contributed by atoms with van der Waals surface area (Å²) in [5.74, 6) is -2.73. The molecule has 0 aromatic carbocycles.